The number of H-pyrrole nitrogens is 1. The molecule has 1 fully saturated rings. The average Bonchev–Trinajstić information content (AvgIpc) is 3.73. The fourth-order valence-electron chi connectivity index (χ4n) is 6.02. The molecule has 2 aromatic rings. The van der Waals surface area contributed by atoms with Crippen molar-refractivity contribution in [2.45, 2.75) is 128 Å². The summed E-state index contributed by atoms with van der Waals surface area (Å²) < 4.78 is 61.0. The smallest absolute Gasteiger partial charge is 0.334 e. The number of nitrogens with one attached hydrogen (secondary N) is 1. The predicted molar refractivity (Wildman–Crippen MR) is 212 cm³/mol. The fraction of sp³-hybridized carbons (Fsp3) is 0.611. The molecule has 5 heterocycles. The third-order valence-electron chi connectivity index (χ3n) is 11.4. The van der Waals surface area contributed by atoms with Crippen LogP contribution in [0.5, 0.6) is 0 Å². The van der Waals surface area contributed by atoms with Gasteiger partial charge in [-0.05, 0) is 49.3 Å². The van der Waals surface area contributed by atoms with Gasteiger partial charge in [0.1, 0.15) is 23.9 Å². The highest BCUT2D eigenvalue weighted by Gasteiger charge is 2.67. The molecule has 6 unspecified atom stereocenters. The first kappa shape index (κ1) is 43.5. The largest absolute Gasteiger partial charge is 0.414 e. The minimum atomic E-state index is -4.33. The molecular weight excluding hydrogens is 783 g/mol. The van der Waals surface area contributed by atoms with Gasteiger partial charge in [-0.1, -0.05) is 59.5 Å². The van der Waals surface area contributed by atoms with Crippen LogP contribution in [0.15, 0.2) is 54.8 Å². The molecule has 0 saturated carbocycles. The van der Waals surface area contributed by atoms with Crippen molar-refractivity contribution in [2.24, 2.45) is 5.73 Å². The Morgan fingerprint density at radius 3 is 2.18 bits per heavy atom. The summed E-state index contributed by atoms with van der Waals surface area (Å²) in [6.45, 7) is 20.7. The number of hydrogen-bond donors (Lipinski definition) is 3. The van der Waals surface area contributed by atoms with Crippen LogP contribution in [0.25, 0.3) is 0 Å². The lowest BCUT2D eigenvalue weighted by Crippen LogP contribution is -2.59. The molecule has 1 spiro atoms. The summed E-state index contributed by atoms with van der Waals surface area (Å²) in [5.74, 6) is 5.33. The van der Waals surface area contributed by atoms with Crippen molar-refractivity contribution in [2.75, 3.05) is 13.2 Å². The van der Waals surface area contributed by atoms with Crippen LogP contribution in [-0.4, -0.2) is 86.0 Å². The van der Waals surface area contributed by atoms with Gasteiger partial charge in [0.25, 0.3) is 21.2 Å². The second-order valence-corrected chi connectivity index (χ2v) is 28.3. The van der Waals surface area contributed by atoms with Gasteiger partial charge in [0.15, 0.2) is 34.7 Å². The molecule has 3 aliphatic heterocycles. The third-order valence-corrected chi connectivity index (χ3v) is 21.4. The highest BCUT2D eigenvalue weighted by Crippen LogP contribution is 2.52. The number of aliphatic hydroxyl groups is 1. The zero-order valence-electron chi connectivity index (χ0n) is 33.7. The van der Waals surface area contributed by atoms with Crippen LogP contribution in [0.2, 0.25) is 36.3 Å². The van der Waals surface area contributed by atoms with Crippen LogP contribution >= 0.6 is 0 Å². The number of rotatable bonds is 9. The van der Waals surface area contributed by atoms with Gasteiger partial charge in [0, 0.05) is 18.0 Å². The number of aromatic amines is 1. The van der Waals surface area contributed by atoms with Crippen molar-refractivity contribution in [1.82, 2.24) is 18.7 Å². The highest BCUT2D eigenvalue weighted by atomic mass is 32.2. The lowest BCUT2D eigenvalue weighted by atomic mass is 9.89. The maximum atomic E-state index is 14.4. The number of nitrogens with zero attached hydrogens (tertiary/aromatic N) is 3. The standard InChI is InChI=1S/C36H53N5O12SSi2/c1-22-17-41(33(46)39(30(22)44)16-12-13-23-18-40(32(45)38-29(23)43)27-15-14-24(19-42)50-27)31-28(52-56(10,11)35(5,6)7)36(25(37)21-54(47,48)53-36)26(51-31)20-49-55(8,9)34(2,3)4/h14-15,17-18,21,24,26-28,31,42H,16,19-20,37H2,1-11H3,(H,38,43,45). The van der Waals surface area contributed by atoms with Crippen molar-refractivity contribution in [3.8, 4) is 11.8 Å². The van der Waals surface area contributed by atoms with E-state index in [0.717, 1.165) is 19.1 Å². The lowest BCUT2D eigenvalue weighted by Gasteiger charge is -2.43. The first-order valence-electron chi connectivity index (χ1n) is 18.2. The van der Waals surface area contributed by atoms with E-state index in [9.17, 15) is 32.7 Å². The number of ether oxygens (including phenoxy) is 2. The van der Waals surface area contributed by atoms with E-state index < -0.39 is 97.2 Å². The third kappa shape index (κ3) is 8.06. The van der Waals surface area contributed by atoms with Gasteiger partial charge in [-0.2, -0.15) is 8.42 Å². The van der Waals surface area contributed by atoms with E-state index in [2.05, 4.69) is 37.6 Å². The molecule has 0 bridgehead atoms. The van der Waals surface area contributed by atoms with Gasteiger partial charge >= 0.3 is 11.4 Å². The van der Waals surface area contributed by atoms with Crippen LogP contribution in [0, 0.1) is 18.8 Å². The Labute approximate surface area is 327 Å². The summed E-state index contributed by atoms with van der Waals surface area (Å²) in [7, 11) is -9.64. The van der Waals surface area contributed by atoms with E-state index in [1.54, 1.807) is 12.2 Å². The van der Waals surface area contributed by atoms with Gasteiger partial charge in [-0.15, -0.1) is 0 Å². The number of aliphatic hydroxyl groups excluding tert-OH is 1. The molecule has 20 heteroatoms. The van der Waals surface area contributed by atoms with E-state index in [1.807, 2.05) is 47.0 Å². The van der Waals surface area contributed by atoms with Gasteiger partial charge in [-0.3, -0.25) is 23.7 Å². The summed E-state index contributed by atoms with van der Waals surface area (Å²) in [5.41, 5.74) is 1.34. The fourth-order valence-corrected chi connectivity index (χ4v) is 9.53. The summed E-state index contributed by atoms with van der Waals surface area (Å²) in [6.07, 6.45) is 0.235. The van der Waals surface area contributed by atoms with E-state index in [4.69, 9.17) is 28.2 Å². The molecular formula is C36H53N5O12SSi2. The Hall–Kier alpha value is -3.66. The first-order valence-corrected chi connectivity index (χ1v) is 25.5. The minimum Gasteiger partial charge on any atom is -0.414 e. The van der Waals surface area contributed by atoms with Crippen molar-refractivity contribution in [1.29, 1.82) is 0 Å². The summed E-state index contributed by atoms with van der Waals surface area (Å²) in [5, 5.41) is 9.60. The van der Waals surface area contributed by atoms with Crippen LogP contribution < -0.4 is 28.2 Å². The Morgan fingerprint density at radius 1 is 0.982 bits per heavy atom. The first-order chi connectivity index (χ1) is 25.7. The molecule has 2 aromatic heterocycles. The van der Waals surface area contributed by atoms with Gasteiger partial charge < -0.3 is 29.2 Å². The van der Waals surface area contributed by atoms with E-state index in [1.165, 1.54) is 19.3 Å². The Morgan fingerprint density at radius 2 is 1.62 bits per heavy atom. The molecule has 0 aromatic carbocycles. The zero-order valence-corrected chi connectivity index (χ0v) is 36.5. The number of aryl methyl sites for hydroxylation is 1. The maximum absolute atomic E-state index is 14.4. The van der Waals surface area contributed by atoms with Crippen LogP contribution in [0.4, 0.5) is 0 Å². The van der Waals surface area contributed by atoms with E-state index in [-0.39, 0.29) is 35.1 Å². The predicted octanol–water partition coefficient (Wildman–Crippen LogP) is 1.87. The van der Waals surface area contributed by atoms with Gasteiger partial charge in [0.05, 0.1) is 30.9 Å². The molecule has 0 amide bonds. The molecule has 17 nitrogen and oxygen atoms in total. The molecule has 3 aliphatic rings. The number of nitrogens with two attached hydrogens (primary N) is 1. The lowest BCUT2D eigenvalue weighted by molar-refractivity contribution is -0.0567. The topological polar surface area (TPSA) is 225 Å². The van der Waals surface area contributed by atoms with E-state index >= 15 is 0 Å². The van der Waals surface area contributed by atoms with Crippen LogP contribution in [0.3, 0.4) is 0 Å². The van der Waals surface area contributed by atoms with Gasteiger partial charge in [0.2, 0.25) is 0 Å². The summed E-state index contributed by atoms with van der Waals surface area (Å²) >= 11 is 0. The van der Waals surface area contributed by atoms with Gasteiger partial charge in [-0.25, -0.2) is 18.3 Å². The Bertz CT molecular complexity index is 2360. The molecule has 4 N–H and O–H groups in total. The second-order valence-electron chi connectivity index (χ2n) is 17.4. The number of hydrogen-bond acceptors (Lipinski definition) is 13. The molecule has 0 radical (unpaired) electrons. The quantitative estimate of drug-likeness (QED) is 0.142. The average molecular weight is 836 g/mol. The Balaban J connectivity index is 1.61. The SMILES string of the molecule is Cc1cn(C2OC(CO[Si](C)(C)C(C)(C)C)C3(OS(=O)(=O)C=C3N)C2O[Si](C)(C)C(C)(C)C)c(=O)n(CC#Cc2cn(C3C=CC(CO)O3)c(=O)[nH]c2=O)c1=O. The van der Waals surface area contributed by atoms with Crippen molar-refractivity contribution < 1.29 is 36.0 Å². The van der Waals surface area contributed by atoms with Crippen molar-refractivity contribution in [3.05, 3.63) is 88.5 Å². The monoisotopic (exact) mass is 835 g/mol. The van der Waals surface area contributed by atoms with Crippen molar-refractivity contribution in [3.63, 3.8) is 0 Å². The molecule has 56 heavy (non-hydrogen) atoms. The normalized spacial score (nSPS) is 26.4. The summed E-state index contributed by atoms with van der Waals surface area (Å²) in [4.78, 5) is 55.3. The molecule has 1 saturated heterocycles. The number of aromatic nitrogens is 4. The minimum absolute atomic E-state index is 0.120. The van der Waals surface area contributed by atoms with E-state index in [0.29, 0.717) is 0 Å². The zero-order chi connectivity index (χ0) is 42.0. The molecule has 6 atom stereocenters. The summed E-state index contributed by atoms with van der Waals surface area (Å²) in [6, 6.07) is 0. The molecule has 0 aliphatic carbocycles. The van der Waals surface area contributed by atoms with Crippen LogP contribution in [0.1, 0.15) is 65.1 Å². The maximum Gasteiger partial charge on any atom is 0.334 e. The molecule has 5 rings (SSSR count). The second kappa shape index (κ2) is 14.9. The molecule has 308 valence electrons. The van der Waals surface area contributed by atoms with Crippen LogP contribution in [-0.2, 0) is 39.2 Å². The highest BCUT2D eigenvalue weighted by molar-refractivity contribution is 7.90. The van der Waals surface area contributed by atoms with Crippen molar-refractivity contribution >= 4 is 26.8 Å². The Kier molecular flexibility index (Phi) is 11.6.